The van der Waals surface area contributed by atoms with E-state index >= 15 is 0 Å². The number of nitrogens with zero attached hydrogens (tertiary/aromatic N) is 1. The number of nitrogens with one attached hydrogen (secondary N) is 1. The fourth-order valence-corrected chi connectivity index (χ4v) is 1.66. The Kier molecular flexibility index (Phi) is 6.15. The molecule has 0 saturated heterocycles. The van der Waals surface area contributed by atoms with E-state index < -0.39 is 0 Å². The van der Waals surface area contributed by atoms with Gasteiger partial charge in [0.2, 0.25) is 0 Å². The number of aliphatic hydroxyl groups is 1. The van der Waals surface area contributed by atoms with Gasteiger partial charge < -0.3 is 19.7 Å². The molecule has 2 N–H and O–H groups in total. The molecule has 1 rings (SSSR count). The van der Waals surface area contributed by atoms with E-state index in [-0.39, 0.29) is 12.6 Å². The second-order valence-corrected chi connectivity index (χ2v) is 3.90. The zero-order valence-corrected chi connectivity index (χ0v) is 10.1. The molecule has 0 bridgehead atoms. The van der Waals surface area contributed by atoms with Crippen LogP contribution >= 0.6 is 0 Å². The normalized spacial score (nSPS) is 12.9. The van der Waals surface area contributed by atoms with Crippen LogP contribution < -0.4 is 5.32 Å². The minimum atomic E-state index is 0.191. The Morgan fingerprint density at radius 1 is 1.56 bits per heavy atom. The first-order valence-electron chi connectivity index (χ1n) is 5.78. The van der Waals surface area contributed by atoms with Crippen molar-refractivity contribution in [2.75, 3.05) is 20.3 Å². The van der Waals surface area contributed by atoms with Crippen LogP contribution in [0.5, 0.6) is 0 Å². The first-order valence-corrected chi connectivity index (χ1v) is 5.78. The highest BCUT2D eigenvalue weighted by molar-refractivity contribution is 5.09. The Morgan fingerprint density at radius 2 is 2.38 bits per heavy atom. The zero-order chi connectivity index (χ0) is 11.8. The molecule has 4 heteroatoms. The van der Waals surface area contributed by atoms with Gasteiger partial charge in [0.05, 0.1) is 6.61 Å². The monoisotopic (exact) mass is 226 g/mol. The summed E-state index contributed by atoms with van der Waals surface area (Å²) in [5.74, 6) is 0. The van der Waals surface area contributed by atoms with Crippen molar-refractivity contribution in [2.45, 2.75) is 32.5 Å². The molecule has 0 saturated carbocycles. The third-order valence-electron chi connectivity index (χ3n) is 2.62. The summed E-state index contributed by atoms with van der Waals surface area (Å²) in [6, 6.07) is 2.33. The Bertz CT molecular complexity index is 280. The molecule has 0 radical (unpaired) electrons. The van der Waals surface area contributed by atoms with Crippen molar-refractivity contribution in [2.24, 2.45) is 0 Å². The molecule has 1 heterocycles. The predicted octanol–water partition coefficient (Wildman–Crippen LogP) is 0.995. The van der Waals surface area contributed by atoms with Crippen molar-refractivity contribution in [1.29, 1.82) is 0 Å². The van der Waals surface area contributed by atoms with E-state index in [1.165, 1.54) is 5.56 Å². The molecule has 0 aromatic carbocycles. The summed E-state index contributed by atoms with van der Waals surface area (Å²) in [4.78, 5) is 0. The minimum absolute atomic E-state index is 0.191. The summed E-state index contributed by atoms with van der Waals surface area (Å²) in [6.45, 7) is 4.77. The molecular weight excluding hydrogens is 204 g/mol. The van der Waals surface area contributed by atoms with Gasteiger partial charge >= 0.3 is 0 Å². The highest BCUT2D eigenvalue weighted by Gasteiger charge is 2.07. The highest BCUT2D eigenvalue weighted by atomic mass is 16.5. The molecule has 0 aliphatic carbocycles. The lowest BCUT2D eigenvalue weighted by Crippen LogP contribution is -2.33. The standard InChI is InChI=1S/C12H22N2O2/c1-3-14-6-4-11(9-14)8-13-12(5-7-15)10-16-2/h4,6,9,12-13,15H,3,5,7-8,10H2,1-2H3. The lowest BCUT2D eigenvalue weighted by atomic mass is 10.2. The predicted molar refractivity (Wildman–Crippen MR) is 64.3 cm³/mol. The largest absolute Gasteiger partial charge is 0.396 e. The summed E-state index contributed by atoms with van der Waals surface area (Å²) < 4.78 is 7.24. The number of methoxy groups -OCH3 is 1. The number of hydrogen-bond acceptors (Lipinski definition) is 3. The maximum atomic E-state index is 8.90. The van der Waals surface area contributed by atoms with E-state index in [1.807, 2.05) is 0 Å². The molecule has 1 aromatic heterocycles. The molecular formula is C12H22N2O2. The maximum Gasteiger partial charge on any atom is 0.0616 e. The van der Waals surface area contributed by atoms with Crippen LogP contribution in [-0.4, -0.2) is 36.0 Å². The minimum Gasteiger partial charge on any atom is -0.396 e. The van der Waals surface area contributed by atoms with Crippen LogP contribution in [0.15, 0.2) is 18.5 Å². The number of hydrogen-bond donors (Lipinski definition) is 2. The number of aliphatic hydroxyl groups excluding tert-OH is 1. The van der Waals surface area contributed by atoms with Crippen LogP contribution in [0.2, 0.25) is 0 Å². The second-order valence-electron chi connectivity index (χ2n) is 3.90. The first-order chi connectivity index (χ1) is 7.80. The van der Waals surface area contributed by atoms with Gasteiger partial charge in [-0.05, 0) is 25.0 Å². The third kappa shape index (κ3) is 4.35. The topological polar surface area (TPSA) is 46.4 Å². The van der Waals surface area contributed by atoms with Gasteiger partial charge in [0.1, 0.15) is 0 Å². The van der Waals surface area contributed by atoms with Crippen molar-refractivity contribution in [1.82, 2.24) is 9.88 Å². The van der Waals surface area contributed by atoms with Gasteiger partial charge in [-0.3, -0.25) is 0 Å². The van der Waals surface area contributed by atoms with E-state index in [2.05, 4.69) is 35.3 Å². The van der Waals surface area contributed by atoms with E-state index in [9.17, 15) is 0 Å². The van der Waals surface area contributed by atoms with Gasteiger partial charge in [-0.25, -0.2) is 0 Å². The number of aromatic nitrogens is 1. The molecule has 0 fully saturated rings. The molecule has 4 nitrogen and oxygen atoms in total. The molecule has 0 aliphatic heterocycles. The Labute approximate surface area is 97.2 Å². The van der Waals surface area contributed by atoms with Crippen molar-refractivity contribution in [3.05, 3.63) is 24.0 Å². The Hall–Kier alpha value is -0.840. The molecule has 16 heavy (non-hydrogen) atoms. The molecule has 92 valence electrons. The van der Waals surface area contributed by atoms with Crippen LogP contribution in [0.4, 0.5) is 0 Å². The highest BCUT2D eigenvalue weighted by Crippen LogP contribution is 2.02. The summed E-state index contributed by atoms with van der Waals surface area (Å²) >= 11 is 0. The molecule has 0 amide bonds. The number of aryl methyl sites for hydroxylation is 1. The van der Waals surface area contributed by atoms with Gasteiger partial charge in [-0.2, -0.15) is 0 Å². The lowest BCUT2D eigenvalue weighted by Gasteiger charge is -2.16. The fraction of sp³-hybridized carbons (Fsp3) is 0.667. The number of rotatable bonds is 8. The van der Waals surface area contributed by atoms with Gasteiger partial charge in [0, 0.05) is 45.2 Å². The van der Waals surface area contributed by atoms with E-state index in [0.29, 0.717) is 6.61 Å². The van der Waals surface area contributed by atoms with Gasteiger partial charge in [-0.1, -0.05) is 0 Å². The van der Waals surface area contributed by atoms with Crippen molar-refractivity contribution < 1.29 is 9.84 Å². The lowest BCUT2D eigenvalue weighted by molar-refractivity contribution is 0.148. The van der Waals surface area contributed by atoms with Crippen LogP contribution in [0.1, 0.15) is 18.9 Å². The van der Waals surface area contributed by atoms with Crippen LogP contribution in [0.25, 0.3) is 0 Å². The third-order valence-corrected chi connectivity index (χ3v) is 2.62. The van der Waals surface area contributed by atoms with Gasteiger partial charge in [0.25, 0.3) is 0 Å². The average Bonchev–Trinajstić information content (AvgIpc) is 2.74. The van der Waals surface area contributed by atoms with Crippen LogP contribution in [0.3, 0.4) is 0 Å². The molecule has 1 atom stereocenters. The van der Waals surface area contributed by atoms with Crippen LogP contribution in [0, 0.1) is 0 Å². The molecule has 0 aliphatic rings. The van der Waals surface area contributed by atoms with E-state index in [4.69, 9.17) is 9.84 Å². The quantitative estimate of drug-likeness (QED) is 0.695. The second kappa shape index (κ2) is 7.44. The van der Waals surface area contributed by atoms with E-state index in [0.717, 1.165) is 19.5 Å². The Balaban J connectivity index is 2.35. The average molecular weight is 226 g/mol. The zero-order valence-electron chi connectivity index (χ0n) is 10.1. The Morgan fingerprint density at radius 3 is 2.94 bits per heavy atom. The number of ether oxygens (including phenoxy) is 1. The maximum absolute atomic E-state index is 8.90. The van der Waals surface area contributed by atoms with Gasteiger partial charge in [-0.15, -0.1) is 0 Å². The van der Waals surface area contributed by atoms with Crippen molar-refractivity contribution >= 4 is 0 Å². The van der Waals surface area contributed by atoms with Gasteiger partial charge in [0.15, 0.2) is 0 Å². The summed E-state index contributed by atoms with van der Waals surface area (Å²) in [5, 5.41) is 12.3. The van der Waals surface area contributed by atoms with Crippen molar-refractivity contribution in [3.63, 3.8) is 0 Å². The van der Waals surface area contributed by atoms with Crippen LogP contribution in [-0.2, 0) is 17.8 Å². The SMILES string of the molecule is CCn1ccc(CNC(CCO)COC)c1. The summed E-state index contributed by atoms with van der Waals surface area (Å²) in [7, 11) is 1.68. The van der Waals surface area contributed by atoms with E-state index in [1.54, 1.807) is 7.11 Å². The fourth-order valence-electron chi connectivity index (χ4n) is 1.66. The molecule has 1 aromatic rings. The summed E-state index contributed by atoms with van der Waals surface area (Å²) in [5.41, 5.74) is 1.26. The first kappa shape index (κ1) is 13.2. The van der Waals surface area contributed by atoms with Crippen molar-refractivity contribution in [3.8, 4) is 0 Å². The molecule has 0 spiro atoms. The smallest absolute Gasteiger partial charge is 0.0616 e. The molecule has 1 unspecified atom stereocenters. The summed E-state index contributed by atoms with van der Waals surface area (Å²) in [6.07, 6.45) is 4.94.